The number of nitrogens with one attached hydrogen (secondary N) is 1. The standard InChI is InChI=1S/C32H38N4O6S/c1-4-36(5-2,19-26(33)37)17-9-12-24-21-43-31-28(34-27(38)18-22-10-7-6-8-11-22)30(39)35(31)29(24)32(40)42-20-23-13-15-25(41-3)16-14-23/h6-16,28,31H,4-5,17-21H2,1-3H3,(H2-,33,34,37,38)/p+1/b12-9+/t28-,31-/m1/s1. The molecule has 0 radical (unpaired) electrons. The highest BCUT2D eigenvalue weighted by molar-refractivity contribution is 8.00. The molecule has 2 aliphatic heterocycles. The molecule has 10 nitrogen and oxygen atoms in total. The van der Waals surface area contributed by atoms with Gasteiger partial charge in [0.05, 0.1) is 33.2 Å². The lowest BCUT2D eigenvalue weighted by atomic mass is 10.0. The summed E-state index contributed by atoms with van der Waals surface area (Å²) in [4.78, 5) is 52.8. The number of thioether (sulfide) groups is 1. The smallest absolute Gasteiger partial charge is 0.355 e. The summed E-state index contributed by atoms with van der Waals surface area (Å²) in [6, 6.07) is 15.7. The number of ether oxygens (including phenoxy) is 2. The van der Waals surface area contributed by atoms with Crippen molar-refractivity contribution in [2.24, 2.45) is 5.73 Å². The molecule has 3 amide bonds. The maximum Gasteiger partial charge on any atom is 0.355 e. The number of hydrogen-bond acceptors (Lipinski definition) is 7. The monoisotopic (exact) mass is 607 g/mol. The van der Waals surface area contributed by atoms with Gasteiger partial charge in [-0.3, -0.25) is 19.3 Å². The minimum Gasteiger partial charge on any atom is -0.497 e. The highest BCUT2D eigenvalue weighted by Crippen LogP contribution is 2.41. The van der Waals surface area contributed by atoms with Gasteiger partial charge in [-0.05, 0) is 48.8 Å². The van der Waals surface area contributed by atoms with Gasteiger partial charge < -0.3 is 25.0 Å². The quantitative estimate of drug-likeness (QED) is 0.192. The van der Waals surface area contributed by atoms with Gasteiger partial charge in [-0.2, -0.15) is 0 Å². The number of quaternary nitrogens is 1. The van der Waals surface area contributed by atoms with E-state index in [4.69, 9.17) is 15.2 Å². The molecule has 2 aromatic carbocycles. The Bertz CT molecular complexity index is 1390. The average Bonchev–Trinajstić information content (AvgIpc) is 3.02. The SMILES string of the molecule is CC[N+](CC)(C/C=C/C1=C(C(=O)OCc2ccc(OC)cc2)N2C(=O)[C@@H](NC(=O)Cc3ccccc3)[C@H]2SC1)CC(N)=O. The van der Waals surface area contributed by atoms with Crippen molar-refractivity contribution in [3.63, 3.8) is 0 Å². The highest BCUT2D eigenvalue weighted by Gasteiger charge is 2.54. The van der Waals surface area contributed by atoms with E-state index in [1.54, 1.807) is 31.4 Å². The van der Waals surface area contributed by atoms with E-state index < -0.39 is 17.4 Å². The summed E-state index contributed by atoms with van der Waals surface area (Å²) in [5.74, 6) is -0.480. The van der Waals surface area contributed by atoms with Gasteiger partial charge in [0.15, 0.2) is 6.54 Å². The Hall–Kier alpha value is -4.09. The number of esters is 1. The van der Waals surface area contributed by atoms with Gasteiger partial charge in [-0.1, -0.05) is 48.5 Å². The van der Waals surface area contributed by atoms with Crippen LogP contribution in [0.25, 0.3) is 0 Å². The molecule has 0 aromatic heterocycles. The third kappa shape index (κ3) is 7.66. The van der Waals surface area contributed by atoms with Crippen LogP contribution in [0.5, 0.6) is 5.75 Å². The van der Waals surface area contributed by atoms with Crippen LogP contribution in [0.2, 0.25) is 0 Å². The molecule has 2 heterocycles. The summed E-state index contributed by atoms with van der Waals surface area (Å²) in [5, 5.41) is 2.42. The second kappa shape index (κ2) is 14.4. The number of methoxy groups -OCH3 is 1. The van der Waals surface area contributed by atoms with Crippen molar-refractivity contribution in [1.82, 2.24) is 10.2 Å². The third-order valence-corrected chi connectivity index (χ3v) is 9.19. The highest BCUT2D eigenvalue weighted by atomic mass is 32.2. The number of carbonyl (C=O) groups excluding carboxylic acids is 4. The number of primary amides is 1. The molecule has 0 bridgehead atoms. The fourth-order valence-electron chi connectivity index (χ4n) is 5.22. The lowest BCUT2D eigenvalue weighted by Gasteiger charge is -2.49. The van der Waals surface area contributed by atoms with Crippen molar-refractivity contribution in [1.29, 1.82) is 0 Å². The molecule has 2 aliphatic rings. The van der Waals surface area contributed by atoms with Crippen LogP contribution in [0.1, 0.15) is 25.0 Å². The Morgan fingerprint density at radius 1 is 1.07 bits per heavy atom. The van der Waals surface area contributed by atoms with E-state index in [0.29, 0.717) is 41.2 Å². The van der Waals surface area contributed by atoms with Crippen molar-refractivity contribution in [2.75, 3.05) is 39.0 Å². The van der Waals surface area contributed by atoms with Crippen LogP contribution in [-0.2, 0) is 36.9 Å². The zero-order valence-electron chi connectivity index (χ0n) is 24.8. The zero-order chi connectivity index (χ0) is 31.0. The van der Waals surface area contributed by atoms with Crippen molar-refractivity contribution in [3.8, 4) is 5.75 Å². The van der Waals surface area contributed by atoms with Crippen molar-refractivity contribution < 1.29 is 33.1 Å². The van der Waals surface area contributed by atoms with Crippen molar-refractivity contribution >= 4 is 35.5 Å². The number of β-lactam (4-membered cyclic amide) rings is 1. The molecule has 1 fully saturated rings. The van der Waals surface area contributed by atoms with E-state index >= 15 is 0 Å². The van der Waals surface area contributed by atoms with Gasteiger partial charge in [-0.25, -0.2) is 4.79 Å². The fraction of sp³-hybridized carbons (Fsp3) is 0.375. The number of carbonyl (C=O) groups is 4. The van der Waals surface area contributed by atoms with E-state index in [-0.39, 0.29) is 43.0 Å². The van der Waals surface area contributed by atoms with Crippen LogP contribution < -0.4 is 15.8 Å². The molecule has 2 aromatic rings. The number of allylic oxidation sites excluding steroid dienone is 1. The average molecular weight is 608 g/mol. The van der Waals surface area contributed by atoms with Gasteiger partial charge in [0.1, 0.15) is 29.5 Å². The maximum atomic E-state index is 13.5. The first-order chi connectivity index (χ1) is 20.7. The van der Waals surface area contributed by atoms with Crippen LogP contribution in [0.15, 0.2) is 78.0 Å². The normalized spacial score (nSPS) is 18.2. The summed E-state index contributed by atoms with van der Waals surface area (Å²) in [5.41, 5.74) is 7.96. The Morgan fingerprint density at radius 2 is 1.77 bits per heavy atom. The number of hydrogen-bond donors (Lipinski definition) is 2. The summed E-state index contributed by atoms with van der Waals surface area (Å²) in [7, 11) is 1.58. The molecule has 3 N–H and O–H groups in total. The number of amides is 3. The molecule has 228 valence electrons. The molecule has 43 heavy (non-hydrogen) atoms. The number of nitrogens with two attached hydrogens (primary N) is 1. The van der Waals surface area contributed by atoms with Crippen molar-refractivity contribution in [2.45, 2.75) is 38.3 Å². The molecule has 11 heteroatoms. The van der Waals surface area contributed by atoms with Gasteiger partial charge in [0.25, 0.3) is 11.8 Å². The van der Waals surface area contributed by atoms with Crippen LogP contribution in [0, 0.1) is 0 Å². The summed E-state index contributed by atoms with van der Waals surface area (Å²) < 4.78 is 11.4. The van der Waals surface area contributed by atoms with Gasteiger partial charge in [0, 0.05) is 5.75 Å². The van der Waals surface area contributed by atoms with E-state index in [1.165, 1.54) is 16.7 Å². The first-order valence-corrected chi connectivity index (χ1v) is 15.4. The second-order valence-electron chi connectivity index (χ2n) is 10.6. The Morgan fingerprint density at radius 3 is 2.40 bits per heavy atom. The van der Waals surface area contributed by atoms with E-state index in [9.17, 15) is 19.2 Å². The summed E-state index contributed by atoms with van der Waals surface area (Å²) in [6.07, 6.45) is 3.91. The zero-order valence-corrected chi connectivity index (χ0v) is 25.6. The molecule has 0 spiro atoms. The molecule has 4 rings (SSSR count). The number of benzene rings is 2. The topological polar surface area (TPSA) is 128 Å². The molecule has 2 atom stereocenters. The predicted octanol–water partition coefficient (Wildman–Crippen LogP) is 2.53. The molecule has 1 saturated heterocycles. The number of rotatable bonds is 14. The van der Waals surface area contributed by atoms with Crippen molar-refractivity contribution in [3.05, 3.63) is 89.1 Å². The van der Waals surface area contributed by atoms with Crippen LogP contribution in [0.4, 0.5) is 0 Å². The Kier molecular flexibility index (Phi) is 10.7. The first kappa shape index (κ1) is 31.8. The third-order valence-electron chi connectivity index (χ3n) is 7.89. The molecule has 0 aliphatic carbocycles. The van der Waals surface area contributed by atoms with Crippen LogP contribution >= 0.6 is 11.8 Å². The predicted molar refractivity (Wildman–Crippen MR) is 164 cm³/mol. The summed E-state index contributed by atoms with van der Waals surface area (Å²) in [6.45, 7) is 6.20. The maximum absolute atomic E-state index is 13.5. The number of fused-ring (bicyclic) bond motifs is 1. The molecule has 0 saturated carbocycles. The number of nitrogens with zero attached hydrogens (tertiary/aromatic N) is 2. The van der Waals surface area contributed by atoms with Gasteiger partial charge in [-0.15, -0.1) is 11.8 Å². The molecular weight excluding hydrogens is 568 g/mol. The molecular formula is C32H39N4O6S+. The van der Waals surface area contributed by atoms with E-state index in [2.05, 4.69) is 5.32 Å². The lowest BCUT2D eigenvalue weighted by molar-refractivity contribution is -0.911. The minimum atomic E-state index is -0.740. The second-order valence-corrected chi connectivity index (χ2v) is 11.7. The van der Waals surface area contributed by atoms with E-state index in [0.717, 1.165) is 11.1 Å². The first-order valence-electron chi connectivity index (χ1n) is 14.3. The lowest BCUT2D eigenvalue weighted by Crippen LogP contribution is -2.70. The fourth-order valence-corrected chi connectivity index (χ4v) is 6.54. The van der Waals surface area contributed by atoms with E-state index in [1.807, 2.05) is 56.3 Å². The van der Waals surface area contributed by atoms with Crippen LogP contribution in [-0.4, -0.2) is 83.5 Å². The van der Waals surface area contributed by atoms with Gasteiger partial charge in [0.2, 0.25) is 5.91 Å². The molecule has 0 unspecified atom stereocenters. The number of likely N-dealkylation sites (N-methyl/N-ethyl adjacent to an activating group) is 1. The largest absolute Gasteiger partial charge is 0.497 e. The summed E-state index contributed by atoms with van der Waals surface area (Å²) >= 11 is 1.48. The van der Waals surface area contributed by atoms with Gasteiger partial charge >= 0.3 is 5.97 Å². The van der Waals surface area contributed by atoms with Crippen LogP contribution in [0.3, 0.4) is 0 Å². The Labute approximate surface area is 256 Å². The Balaban J connectivity index is 1.54. The minimum absolute atomic E-state index is 0.0185.